The summed E-state index contributed by atoms with van der Waals surface area (Å²) in [7, 11) is 0. The van der Waals surface area contributed by atoms with Crippen molar-refractivity contribution in [3.05, 3.63) is 46.6 Å². The Morgan fingerprint density at radius 3 is 2.43 bits per heavy atom. The zero-order valence-electron chi connectivity index (χ0n) is 16.8. The van der Waals surface area contributed by atoms with Gasteiger partial charge in [0.25, 0.3) is 0 Å². The van der Waals surface area contributed by atoms with Crippen LogP contribution >= 0.6 is 23.2 Å². The Morgan fingerprint density at radius 1 is 0.933 bits per heavy atom. The van der Waals surface area contributed by atoms with E-state index in [1.807, 2.05) is 24.3 Å². The molecule has 1 N–H and O–H groups in total. The molecule has 0 spiro atoms. The standard InChI is InChI=1S/C23H25Cl2N5/c24-16-13-19-20(14-17(16)25)29-23(22(28-19)18-5-1-3-9-27-18)30-12-4-2-6-21(30)15-7-10-26-11-8-15/h1,3,5,9,13-15,21,26H,2,4,6-8,10-12H2. The van der Waals surface area contributed by atoms with Crippen LogP contribution in [-0.2, 0) is 0 Å². The van der Waals surface area contributed by atoms with Crippen molar-refractivity contribution in [2.24, 2.45) is 5.92 Å². The van der Waals surface area contributed by atoms with Gasteiger partial charge in [-0.15, -0.1) is 0 Å². The summed E-state index contributed by atoms with van der Waals surface area (Å²) in [5.41, 5.74) is 3.17. The summed E-state index contributed by atoms with van der Waals surface area (Å²) >= 11 is 12.6. The Balaban J connectivity index is 1.66. The van der Waals surface area contributed by atoms with Crippen molar-refractivity contribution >= 4 is 40.1 Å². The minimum absolute atomic E-state index is 0.484. The van der Waals surface area contributed by atoms with Crippen molar-refractivity contribution in [2.75, 3.05) is 24.5 Å². The van der Waals surface area contributed by atoms with Crippen LogP contribution in [0.15, 0.2) is 36.5 Å². The smallest absolute Gasteiger partial charge is 0.157 e. The molecule has 1 atom stereocenters. The molecule has 5 nitrogen and oxygen atoms in total. The highest BCUT2D eigenvalue weighted by molar-refractivity contribution is 6.42. The van der Waals surface area contributed by atoms with Crippen LogP contribution in [0.5, 0.6) is 0 Å². The number of nitrogens with one attached hydrogen (secondary N) is 1. The Labute approximate surface area is 186 Å². The fourth-order valence-electron chi connectivity index (χ4n) is 4.86. The van der Waals surface area contributed by atoms with E-state index in [0.29, 0.717) is 22.0 Å². The summed E-state index contributed by atoms with van der Waals surface area (Å²) < 4.78 is 0. The van der Waals surface area contributed by atoms with Crippen molar-refractivity contribution < 1.29 is 0 Å². The lowest BCUT2D eigenvalue weighted by Crippen LogP contribution is -2.48. The van der Waals surface area contributed by atoms with Gasteiger partial charge in [0.05, 0.1) is 26.8 Å². The normalized spacial score (nSPS) is 20.6. The SMILES string of the molecule is Clc1cc2nc(-c3ccccn3)c(N3CCCCC3C3CCNCC3)nc2cc1Cl. The van der Waals surface area contributed by atoms with Gasteiger partial charge < -0.3 is 10.2 Å². The number of rotatable bonds is 3. The predicted octanol–water partition coefficient (Wildman–Crippen LogP) is 5.36. The topological polar surface area (TPSA) is 53.9 Å². The first-order valence-electron chi connectivity index (χ1n) is 10.8. The van der Waals surface area contributed by atoms with E-state index in [1.54, 1.807) is 12.3 Å². The van der Waals surface area contributed by atoms with Crippen LogP contribution in [0.25, 0.3) is 22.4 Å². The Morgan fingerprint density at radius 2 is 1.70 bits per heavy atom. The molecule has 2 fully saturated rings. The van der Waals surface area contributed by atoms with E-state index < -0.39 is 0 Å². The first kappa shape index (κ1) is 20.0. The summed E-state index contributed by atoms with van der Waals surface area (Å²) in [4.78, 5) is 17.2. The highest BCUT2D eigenvalue weighted by Crippen LogP contribution is 2.37. The van der Waals surface area contributed by atoms with Gasteiger partial charge in [0, 0.05) is 18.8 Å². The third-order valence-electron chi connectivity index (χ3n) is 6.34. The third kappa shape index (κ3) is 3.86. The summed E-state index contributed by atoms with van der Waals surface area (Å²) in [6, 6.07) is 10.0. The highest BCUT2D eigenvalue weighted by atomic mass is 35.5. The molecular formula is C23H25Cl2N5. The van der Waals surface area contributed by atoms with E-state index in [2.05, 4.69) is 15.2 Å². The lowest BCUT2D eigenvalue weighted by molar-refractivity contribution is 0.272. The van der Waals surface area contributed by atoms with Gasteiger partial charge in [-0.25, -0.2) is 9.97 Å². The van der Waals surface area contributed by atoms with Gasteiger partial charge in [-0.05, 0) is 75.4 Å². The van der Waals surface area contributed by atoms with Gasteiger partial charge in [0.15, 0.2) is 5.82 Å². The maximum absolute atomic E-state index is 6.30. The van der Waals surface area contributed by atoms with Gasteiger partial charge >= 0.3 is 0 Å². The van der Waals surface area contributed by atoms with E-state index in [4.69, 9.17) is 33.2 Å². The Bertz CT molecular complexity index is 1040. The maximum atomic E-state index is 6.30. The molecular weight excluding hydrogens is 417 g/mol. The monoisotopic (exact) mass is 441 g/mol. The predicted molar refractivity (Wildman–Crippen MR) is 123 cm³/mol. The van der Waals surface area contributed by atoms with Gasteiger partial charge in [0.1, 0.15) is 5.69 Å². The van der Waals surface area contributed by atoms with Crippen LogP contribution < -0.4 is 10.2 Å². The minimum Gasteiger partial charge on any atom is -0.351 e. The molecule has 7 heteroatoms. The second-order valence-electron chi connectivity index (χ2n) is 8.21. The van der Waals surface area contributed by atoms with Crippen LogP contribution in [0.3, 0.4) is 0 Å². The molecule has 3 aromatic rings. The summed E-state index contributed by atoms with van der Waals surface area (Å²) in [6.45, 7) is 3.19. The fourth-order valence-corrected chi connectivity index (χ4v) is 5.17. The number of aromatic nitrogens is 3. The van der Waals surface area contributed by atoms with E-state index >= 15 is 0 Å². The van der Waals surface area contributed by atoms with Gasteiger partial charge in [-0.2, -0.15) is 0 Å². The first-order chi connectivity index (χ1) is 14.7. The molecule has 0 aliphatic carbocycles. The fraction of sp³-hybridized carbons (Fsp3) is 0.435. The van der Waals surface area contributed by atoms with Crippen LogP contribution in [-0.4, -0.2) is 40.6 Å². The molecule has 2 aliphatic rings. The summed E-state index contributed by atoms with van der Waals surface area (Å²) in [5, 5.41) is 4.49. The van der Waals surface area contributed by atoms with Crippen LogP contribution in [0.1, 0.15) is 32.1 Å². The third-order valence-corrected chi connectivity index (χ3v) is 7.07. The number of pyridine rings is 1. The zero-order valence-corrected chi connectivity index (χ0v) is 18.3. The number of fused-ring (bicyclic) bond motifs is 1. The highest BCUT2D eigenvalue weighted by Gasteiger charge is 2.33. The lowest BCUT2D eigenvalue weighted by Gasteiger charge is -2.43. The van der Waals surface area contributed by atoms with Gasteiger partial charge in [0.2, 0.25) is 0 Å². The van der Waals surface area contributed by atoms with E-state index in [0.717, 1.165) is 47.9 Å². The number of benzene rings is 1. The molecule has 0 bridgehead atoms. The number of hydrogen-bond donors (Lipinski definition) is 1. The molecule has 1 aromatic carbocycles. The van der Waals surface area contributed by atoms with E-state index in [-0.39, 0.29) is 0 Å². The summed E-state index contributed by atoms with van der Waals surface area (Å²) in [6.07, 6.45) is 7.87. The Hall–Kier alpha value is -1.95. The Kier molecular flexibility index (Phi) is 5.77. The quantitative estimate of drug-likeness (QED) is 0.592. The molecule has 0 saturated carbocycles. The number of nitrogens with zero attached hydrogens (tertiary/aromatic N) is 4. The number of halogens is 2. The second kappa shape index (κ2) is 8.66. The van der Waals surface area contributed by atoms with Crippen molar-refractivity contribution in [3.8, 4) is 11.4 Å². The number of hydrogen-bond acceptors (Lipinski definition) is 5. The maximum Gasteiger partial charge on any atom is 0.157 e. The number of piperidine rings is 2. The van der Waals surface area contributed by atoms with Crippen LogP contribution in [0.2, 0.25) is 10.0 Å². The van der Waals surface area contributed by atoms with Crippen LogP contribution in [0.4, 0.5) is 5.82 Å². The molecule has 4 heterocycles. The molecule has 30 heavy (non-hydrogen) atoms. The molecule has 2 saturated heterocycles. The van der Waals surface area contributed by atoms with E-state index in [1.165, 1.54) is 32.1 Å². The van der Waals surface area contributed by atoms with Gasteiger partial charge in [-0.1, -0.05) is 29.3 Å². The molecule has 2 aromatic heterocycles. The molecule has 156 valence electrons. The van der Waals surface area contributed by atoms with E-state index in [9.17, 15) is 0 Å². The van der Waals surface area contributed by atoms with Crippen molar-refractivity contribution in [3.63, 3.8) is 0 Å². The average molecular weight is 442 g/mol. The molecule has 2 aliphatic heterocycles. The first-order valence-corrected chi connectivity index (χ1v) is 11.5. The second-order valence-corrected chi connectivity index (χ2v) is 9.02. The molecule has 0 radical (unpaired) electrons. The van der Waals surface area contributed by atoms with Crippen molar-refractivity contribution in [2.45, 2.75) is 38.1 Å². The van der Waals surface area contributed by atoms with Gasteiger partial charge in [-0.3, -0.25) is 4.98 Å². The van der Waals surface area contributed by atoms with Crippen molar-refractivity contribution in [1.29, 1.82) is 0 Å². The molecule has 1 unspecified atom stereocenters. The van der Waals surface area contributed by atoms with Crippen molar-refractivity contribution in [1.82, 2.24) is 20.3 Å². The molecule has 5 rings (SSSR count). The largest absolute Gasteiger partial charge is 0.351 e. The molecule has 0 amide bonds. The lowest BCUT2D eigenvalue weighted by atomic mass is 9.84. The number of anilines is 1. The minimum atomic E-state index is 0.484. The van der Waals surface area contributed by atoms with Crippen LogP contribution in [0, 0.1) is 5.92 Å². The average Bonchev–Trinajstić information content (AvgIpc) is 2.80. The summed E-state index contributed by atoms with van der Waals surface area (Å²) in [5.74, 6) is 1.59. The zero-order chi connectivity index (χ0) is 20.5.